The summed E-state index contributed by atoms with van der Waals surface area (Å²) in [7, 11) is -3.92. The largest absolute Gasteiger partial charge is 0.310 e. The molecule has 53 heavy (non-hydrogen) atoms. The van der Waals surface area contributed by atoms with Gasteiger partial charge in [0.05, 0.1) is 5.69 Å². The zero-order valence-corrected chi connectivity index (χ0v) is 32.7. The van der Waals surface area contributed by atoms with E-state index in [1.165, 1.54) is 93.1 Å². The molecular formula is C50H41NSi2. The van der Waals surface area contributed by atoms with Crippen molar-refractivity contribution in [3.8, 4) is 44.5 Å². The third-order valence-corrected chi connectivity index (χ3v) is 19.1. The van der Waals surface area contributed by atoms with Crippen LogP contribution in [-0.4, -0.2) is 16.1 Å². The van der Waals surface area contributed by atoms with E-state index in [0.29, 0.717) is 0 Å². The molecule has 0 aliphatic carbocycles. The Bertz CT molecular complexity index is 2730. The van der Waals surface area contributed by atoms with Crippen LogP contribution in [0.5, 0.6) is 0 Å². The second kappa shape index (κ2) is 11.9. The van der Waals surface area contributed by atoms with Crippen molar-refractivity contribution in [2.24, 2.45) is 0 Å². The summed E-state index contributed by atoms with van der Waals surface area (Å²) < 4.78 is 0. The minimum Gasteiger partial charge on any atom is -0.310 e. The molecular weight excluding hydrogens is 671 g/mol. The number of benzene rings is 8. The fraction of sp³-hybridized carbons (Fsp3) is 0.0800. The molecule has 8 aromatic rings. The van der Waals surface area contributed by atoms with Gasteiger partial charge in [0.2, 0.25) is 0 Å². The number of rotatable bonds is 5. The summed E-state index contributed by atoms with van der Waals surface area (Å²) in [5.74, 6) is 0. The summed E-state index contributed by atoms with van der Waals surface area (Å²) in [6.45, 7) is 10.1. The molecule has 2 heterocycles. The van der Waals surface area contributed by atoms with Gasteiger partial charge in [-0.1, -0.05) is 166 Å². The Morgan fingerprint density at radius 2 is 0.906 bits per heavy atom. The first-order chi connectivity index (χ1) is 25.8. The lowest BCUT2D eigenvalue weighted by atomic mass is 9.98. The fourth-order valence-corrected chi connectivity index (χ4v) is 15.4. The maximum atomic E-state index is 2.54. The standard InChI is InChI=1S/C50H41NSi2/c1-52(2)46-19-11-10-17-44(46)50-45(18-12-20-47(50)52)51(40-26-23-36(24-27-40)34-13-6-5-7-14-34)41-28-30-43-42-29-25-39(32-48(42)53(3,4)49(43)33-41)38-22-21-35-15-8-9-16-37(35)31-38/h5-33H,1-4H3. The van der Waals surface area contributed by atoms with E-state index in [0.717, 1.165) is 0 Å². The summed E-state index contributed by atoms with van der Waals surface area (Å²) in [4.78, 5) is 2.54. The second-order valence-electron chi connectivity index (χ2n) is 15.8. The van der Waals surface area contributed by atoms with Gasteiger partial charge in [-0.15, -0.1) is 0 Å². The van der Waals surface area contributed by atoms with Gasteiger partial charge in [0.1, 0.15) is 16.1 Å². The van der Waals surface area contributed by atoms with Crippen LogP contribution in [0.3, 0.4) is 0 Å². The maximum absolute atomic E-state index is 2.54. The molecule has 0 atom stereocenters. The van der Waals surface area contributed by atoms with Crippen molar-refractivity contribution in [2.45, 2.75) is 26.2 Å². The zero-order valence-electron chi connectivity index (χ0n) is 30.7. The van der Waals surface area contributed by atoms with Crippen LogP contribution in [0.4, 0.5) is 17.1 Å². The van der Waals surface area contributed by atoms with Crippen LogP contribution in [-0.2, 0) is 0 Å². The minimum absolute atomic E-state index is 1.18. The number of fused-ring (bicyclic) bond motifs is 7. The SMILES string of the molecule is C[Si]1(C)c2cc(-c3ccc4ccccc4c3)ccc2-c2ccc(N(c3ccc(-c4ccccc4)cc3)c3cccc4c3-c3ccccc3[Si]4(C)C)cc21. The molecule has 0 amide bonds. The van der Waals surface area contributed by atoms with E-state index in [1.807, 2.05) is 0 Å². The molecule has 1 nitrogen and oxygen atoms in total. The maximum Gasteiger partial charge on any atom is 0.113 e. The summed E-state index contributed by atoms with van der Waals surface area (Å²) >= 11 is 0. The predicted molar refractivity (Wildman–Crippen MR) is 234 cm³/mol. The first-order valence-electron chi connectivity index (χ1n) is 18.8. The lowest BCUT2D eigenvalue weighted by Crippen LogP contribution is -2.49. The number of nitrogens with zero attached hydrogens (tertiary/aromatic N) is 1. The molecule has 0 saturated carbocycles. The summed E-state index contributed by atoms with van der Waals surface area (Å²) in [6, 6.07) is 66.1. The molecule has 254 valence electrons. The quantitative estimate of drug-likeness (QED) is 0.161. The minimum atomic E-state index is -2.05. The third kappa shape index (κ3) is 4.95. The van der Waals surface area contributed by atoms with Crippen molar-refractivity contribution < 1.29 is 0 Å². The van der Waals surface area contributed by atoms with Crippen molar-refractivity contribution in [1.82, 2.24) is 0 Å². The van der Waals surface area contributed by atoms with Crippen LogP contribution in [0.2, 0.25) is 26.2 Å². The number of hydrogen-bond donors (Lipinski definition) is 0. The van der Waals surface area contributed by atoms with E-state index in [-0.39, 0.29) is 0 Å². The van der Waals surface area contributed by atoms with E-state index in [4.69, 9.17) is 0 Å². The molecule has 2 aliphatic heterocycles. The van der Waals surface area contributed by atoms with E-state index < -0.39 is 16.1 Å². The predicted octanol–water partition coefficient (Wildman–Crippen LogP) is 11.2. The van der Waals surface area contributed by atoms with E-state index in [1.54, 1.807) is 0 Å². The van der Waals surface area contributed by atoms with Crippen molar-refractivity contribution in [1.29, 1.82) is 0 Å². The molecule has 0 spiro atoms. The van der Waals surface area contributed by atoms with Gasteiger partial charge in [-0.2, -0.15) is 0 Å². The van der Waals surface area contributed by atoms with Gasteiger partial charge >= 0.3 is 0 Å². The van der Waals surface area contributed by atoms with Gasteiger partial charge in [-0.05, 0) is 107 Å². The molecule has 0 radical (unpaired) electrons. The smallest absolute Gasteiger partial charge is 0.113 e. The number of hydrogen-bond acceptors (Lipinski definition) is 1. The molecule has 10 rings (SSSR count). The Labute approximate surface area is 314 Å². The molecule has 3 heteroatoms. The molecule has 0 unspecified atom stereocenters. The van der Waals surface area contributed by atoms with Crippen LogP contribution < -0.4 is 25.6 Å². The first kappa shape index (κ1) is 31.9. The normalized spacial score (nSPS) is 14.3. The average molecular weight is 712 g/mol. The van der Waals surface area contributed by atoms with Crippen LogP contribution in [0, 0.1) is 0 Å². The molecule has 0 aromatic heterocycles. The molecule has 2 aliphatic rings. The van der Waals surface area contributed by atoms with E-state index in [2.05, 4.69) is 207 Å². The lowest BCUT2D eigenvalue weighted by molar-refractivity contribution is 1.29. The Balaban J connectivity index is 1.12. The second-order valence-corrected chi connectivity index (χ2v) is 24.5. The molecule has 0 bridgehead atoms. The number of anilines is 3. The monoisotopic (exact) mass is 711 g/mol. The van der Waals surface area contributed by atoms with Crippen molar-refractivity contribution in [3.05, 3.63) is 176 Å². The Kier molecular flexibility index (Phi) is 7.17. The highest BCUT2D eigenvalue weighted by Gasteiger charge is 2.41. The van der Waals surface area contributed by atoms with Gasteiger partial charge in [-0.3, -0.25) is 0 Å². The average Bonchev–Trinajstić information content (AvgIpc) is 3.58. The van der Waals surface area contributed by atoms with Crippen molar-refractivity contribution in [2.75, 3.05) is 4.90 Å². The first-order valence-corrected chi connectivity index (χ1v) is 24.8. The van der Waals surface area contributed by atoms with Gasteiger partial charge in [-0.25, -0.2) is 0 Å². The molecule has 8 aromatic carbocycles. The highest BCUT2D eigenvalue weighted by Crippen LogP contribution is 2.44. The summed E-state index contributed by atoms with van der Waals surface area (Å²) in [5, 5.41) is 8.65. The van der Waals surface area contributed by atoms with Gasteiger partial charge in [0, 0.05) is 16.9 Å². The fourth-order valence-electron chi connectivity index (χ4n) is 9.20. The van der Waals surface area contributed by atoms with E-state index >= 15 is 0 Å². The van der Waals surface area contributed by atoms with Crippen LogP contribution in [0.15, 0.2) is 176 Å². The molecule has 0 N–H and O–H groups in total. The summed E-state index contributed by atoms with van der Waals surface area (Å²) in [6.07, 6.45) is 0. The Hall–Kier alpha value is -5.75. The van der Waals surface area contributed by atoms with Crippen molar-refractivity contribution >= 4 is 64.7 Å². The highest BCUT2D eigenvalue weighted by atomic mass is 28.3. The molecule has 0 fully saturated rings. The van der Waals surface area contributed by atoms with Gasteiger partial charge < -0.3 is 4.90 Å². The lowest BCUT2D eigenvalue weighted by Gasteiger charge is -2.30. The zero-order chi connectivity index (χ0) is 35.9. The van der Waals surface area contributed by atoms with Crippen LogP contribution in [0.25, 0.3) is 55.3 Å². The Morgan fingerprint density at radius 1 is 0.340 bits per heavy atom. The Morgan fingerprint density at radius 3 is 1.72 bits per heavy atom. The van der Waals surface area contributed by atoms with E-state index in [9.17, 15) is 0 Å². The van der Waals surface area contributed by atoms with Crippen LogP contribution in [0.1, 0.15) is 0 Å². The summed E-state index contributed by atoms with van der Waals surface area (Å²) in [5.41, 5.74) is 14.3. The highest BCUT2D eigenvalue weighted by molar-refractivity contribution is 7.04. The molecule has 0 saturated heterocycles. The van der Waals surface area contributed by atoms with Crippen molar-refractivity contribution in [3.63, 3.8) is 0 Å². The van der Waals surface area contributed by atoms with Gasteiger partial charge in [0.25, 0.3) is 0 Å². The van der Waals surface area contributed by atoms with Crippen LogP contribution >= 0.6 is 0 Å². The van der Waals surface area contributed by atoms with Gasteiger partial charge in [0.15, 0.2) is 0 Å². The third-order valence-electron chi connectivity index (χ3n) is 12.1. The topological polar surface area (TPSA) is 3.24 Å².